The first-order valence-electron chi connectivity index (χ1n) is 6.29. The lowest BCUT2D eigenvalue weighted by Gasteiger charge is -2.09. The zero-order valence-electron chi connectivity index (χ0n) is 11.2. The molecule has 0 aliphatic carbocycles. The second-order valence-electron chi connectivity index (χ2n) is 4.43. The van der Waals surface area contributed by atoms with Crippen LogP contribution in [-0.2, 0) is 6.42 Å². The molecule has 0 spiro atoms. The van der Waals surface area contributed by atoms with Gasteiger partial charge in [0.15, 0.2) is 5.78 Å². The number of benzene rings is 2. The summed E-state index contributed by atoms with van der Waals surface area (Å²) in [4.78, 5) is 12.0. The van der Waals surface area contributed by atoms with Crippen LogP contribution in [0.2, 0.25) is 0 Å². The van der Waals surface area contributed by atoms with E-state index in [1.54, 1.807) is 24.3 Å². The fourth-order valence-corrected chi connectivity index (χ4v) is 2.00. The summed E-state index contributed by atoms with van der Waals surface area (Å²) in [5, 5.41) is 19.7. The van der Waals surface area contributed by atoms with Gasteiger partial charge in [-0.05, 0) is 6.42 Å². The molecule has 0 bridgehead atoms. The van der Waals surface area contributed by atoms with Crippen molar-refractivity contribution >= 4 is 5.78 Å². The van der Waals surface area contributed by atoms with E-state index in [1.165, 1.54) is 19.2 Å². The predicted octanol–water partition coefficient (Wildman–Crippen LogP) is 2.92. The third-order valence-electron chi connectivity index (χ3n) is 3.11. The summed E-state index contributed by atoms with van der Waals surface area (Å²) in [6.45, 7) is 0. The van der Waals surface area contributed by atoms with Crippen LogP contribution in [0.1, 0.15) is 22.3 Å². The Labute approximate surface area is 117 Å². The SMILES string of the molecule is COc1cc(O)c(CCC(=O)c2ccccc2)c(O)c1. The molecule has 0 aromatic heterocycles. The van der Waals surface area contributed by atoms with Crippen LogP contribution in [-0.4, -0.2) is 23.1 Å². The van der Waals surface area contributed by atoms with E-state index in [0.717, 1.165) is 0 Å². The number of rotatable bonds is 5. The maximum Gasteiger partial charge on any atom is 0.163 e. The first-order chi connectivity index (χ1) is 9.61. The lowest BCUT2D eigenvalue weighted by atomic mass is 10.0. The molecule has 104 valence electrons. The Hall–Kier alpha value is -2.49. The molecule has 0 atom stereocenters. The van der Waals surface area contributed by atoms with Crippen LogP contribution < -0.4 is 4.74 Å². The first-order valence-corrected chi connectivity index (χ1v) is 6.29. The number of methoxy groups -OCH3 is 1. The maximum atomic E-state index is 12.0. The Kier molecular flexibility index (Phi) is 4.25. The molecular weight excluding hydrogens is 256 g/mol. The largest absolute Gasteiger partial charge is 0.507 e. The molecule has 0 radical (unpaired) electrons. The zero-order valence-corrected chi connectivity index (χ0v) is 11.2. The number of ketones is 1. The number of aromatic hydroxyl groups is 2. The molecule has 2 aromatic carbocycles. The van der Waals surface area contributed by atoms with Gasteiger partial charge in [-0.25, -0.2) is 0 Å². The van der Waals surface area contributed by atoms with Crippen molar-refractivity contribution in [3.8, 4) is 17.2 Å². The molecule has 0 aliphatic heterocycles. The normalized spacial score (nSPS) is 10.2. The Morgan fingerprint density at radius 3 is 2.25 bits per heavy atom. The van der Waals surface area contributed by atoms with Gasteiger partial charge in [-0.15, -0.1) is 0 Å². The summed E-state index contributed by atoms with van der Waals surface area (Å²) in [6.07, 6.45) is 0.493. The molecule has 4 nitrogen and oxygen atoms in total. The highest BCUT2D eigenvalue weighted by Crippen LogP contribution is 2.33. The monoisotopic (exact) mass is 272 g/mol. The van der Waals surface area contributed by atoms with Crippen molar-refractivity contribution in [3.63, 3.8) is 0 Å². The quantitative estimate of drug-likeness (QED) is 0.821. The van der Waals surface area contributed by atoms with Crippen molar-refractivity contribution in [3.05, 3.63) is 53.6 Å². The molecule has 0 amide bonds. The fourth-order valence-electron chi connectivity index (χ4n) is 2.00. The van der Waals surface area contributed by atoms with E-state index in [4.69, 9.17) is 4.74 Å². The number of phenolic OH excluding ortho intramolecular Hbond substituents is 2. The summed E-state index contributed by atoms with van der Waals surface area (Å²) in [7, 11) is 1.45. The number of hydrogen-bond acceptors (Lipinski definition) is 4. The zero-order chi connectivity index (χ0) is 14.5. The summed E-state index contributed by atoms with van der Waals surface area (Å²) < 4.78 is 4.94. The average Bonchev–Trinajstić information content (AvgIpc) is 2.46. The highest BCUT2D eigenvalue weighted by molar-refractivity contribution is 5.96. The molecule has 0 fully saturated rings. The van der Waals surface area contributed by atoms with Crippen LogP contribution in [0.15, 0.2) is 42.5 Å². The van der Waals surface area contributed by atoms with Crippen molar-refractivity contribution in [2.45, 2.75) is 12.8 Å². The molecular formula is C16H16O4. The van der Waals surface area contributed by atoms with Gasteiger partial charge in [-0.1, -0.05) is 30.3 Å². The Bertz CT molecular complexity index is 582. The van der Waals surface area contributed by atoms with Crippen LogP contribution >= 0.6 is 0 Å². The van der Waals surface area contributed by atoms with Crippen molar-refractivity contribution in [1.29, 1.82) is 0 Å². The average molecular weight is 272 g/mol. The first kappa shape index (κ1) is 13.9. The van der Waals surface area contributed by atoms with Gasteiger partial charge < -0.3 is 14.9 Å². The lowest BCUT2D eigenvalue weighted by Crippen LogP contribution is -2.01. The number of ether oxygens (including phenoxy) is 1. The third-order valence-corrected chi connectivity index (χ3v) is 3.11. The van der Waals surface area contributed by atoms with E-state index in [2.05, 4.69) is 0 Å². The number of Topliss-reactive ketones (excluding diaryl/α,β-unsaturated/α-hetero) is 1. The van der Waals surface area contributed by atoms with E-state index in [9.17, 15) is 15.0 Å². The van der Waals surface area contributed by atoms with Gasteiger partial charge in [0, 0.05) is 29.7 Å². The maximum absolute atomic E-state index is 12.0. The molecule has 20 heavy (non-hydrogen) atoms. The minimum Gasteiger partial charge on any atom is -0.507 e. The fraction of sp³-hybridized carbons (Fsp3) is 0.188. The highest BCUT2D eigenvalue weighted by atomic mass is 16.5. The number of hydrogen-bond donors (Lipinski definition) is 2. The van der Waals surface area contributed by atoms with E-state index in [0.29, 0.717) is 16.9 Å². The number of carbonyl (C=O) groups excluding carboxylic acids is 1. The minimum atomic E-state index is -0.0669. The Balaban J connectivity index is 2.10. The van der Waals surface area contributed by atoms with Crippen LogP contribution in [0, 0.1) is 0 Å². The summed E-state index contributed by atoms with van der Waals surface area (Å²) in [5.74, 6) is 0.212. The van der Waals surface area contributed by atoms with Crippen molar-refractivity contribution < 1.29 is 19.7 Å². The van der Waals surface area contributed by atoms with E-state index < -0.39 is 0 Å². The van der Waals surface area contributed by atoms with E-state index in [-0.39, 0.29) is 30.1 Å². The Morgan fingerprint density at radius 1 is 1.10 bits per heavy atom. The number of carbonyl (C=O) groups is 1. The van der Waals surface area contributed by atoms with Crippen LogP contribution in [0.3, 0.4) is 0 Å². The highest BCUT2D eigenvalue weighted by Gasteiger charge is 2.13. The molecule has 0 unspecified atom stereocenters. The van der Waals surface area contributed by atoms with Crippen LogP contribution in [0.5, 0.6) is 17.2 Å². The summed E-state index contributed by atoms with van der Waals surface area (Å²) in [5.41, 5.74) is 0.982. The summed E-state index contributed by atoms with van der Waals surface area (Å²) >= 11 is 0. The van der Waals surface area contributed by atoms with Crippen LogP contribution in [0.4, 0.5) is 0 Å². The van der Waals surface area contributed by atoms with Gasteiger partial charge in [0.1, 0.15) is 17.2 Å². The van der Waals surface area contributed by atoms with Gasteiger partial charge >= 0.3 is 0 Å². The minimum absolute atomic E-state index is 0.0276. The smallest absolute Gasteiger partial charge is 0.163 e. The molecule has 2 rings (SSSR count). The van der Waals surface area contributed by atoms with Gasteiger partial charge in [0.25, 0.3) is 0 Å². The van der Waals surface area contributed by atoms with E-state index >= 15 is 0 Å². The van der Waals surface area contributed by atoms with Crippen LogP contribution in [0.25, 0.3) is 0 Å². The van der Waals surface area contributed by atoms with Gasteiger partial charge in [-0.3, -0.25) is 4.79 Å². The summed E-state index contributed by atoms with van der Waals surface area (Å²) in [6, 6.07) is 11.8. The topological polar surface area (TPSA) is 66.8 Å². The molecule has 0 aliphatic rings. The molecule has 4 heteroatoms. The van der Waals surface area contributed by atoms with Gasteiger partial charge in [0.05, 0.1) is 7.11 Å². The van der Waals surface area contributed by atoms with Crippen molar-refractivity contribution in [2.75, 3.05) is 7.11 Å². The van der Waals surface area contributed by atoms with Gasteiger partial charge in [-0.2, -0.15) is 0 Å². The molecule has 0 saturated heterocycles. The third kappa shape index (κ3) is 3.09. The molecule has 2 aromatic rings. The van der Waals surface area contributed by atoms with E-state index in [1.807, 2.05) is 6.07 Å². The predicted molar refractivity (Wildman–Crippen MR) is 75.4 cm³/mol. The van der Waals surface area contributed by atoms with Crippen molar-refractivity contribution in [2.24, 2.45) is 0 Å². The van der Waals surface area contributed by atoms with Crippen molar-refractivity contribution in [1.82, 2.24) is 0 Å². The standard InChI is InChI=1S/C16H16O4/c1-20-12-9-15(18)13(16(19)10-12)7-8-14(17)11-5-3-2-4-6-11/h2-6,9-10,18-19H,7-8H2,1H3. The molecule has 2 N–H and O–H groups in total. The molecule has 0 heterocycles. The lowest BCUT2D eigenvalue weighted by molar-refractivity contribution is 0.0982. The number of phenols is 2. The molecule has 0 saturated carbocycles. The Morgan fingerprint density at radius 2 is 1.70 bits per heavy atom. The van der Waals surface area contributed by atoms with Gasteiger partial charge in [0.2, 0.25) is 0 Å². The second kappa shape index (κ2) is 6.10. The second-order valence-corrected chi connectivity index (χ2v) is 4.43.